The molecule has 0 amide bonds. The lowest BCUT2D eigenvalue weighted by molar-refractivity contribution is 0.0503. The van der Waals surface area contributed by atoms with Crippen LogP contribution in [-0.4, -0.2) is 57.6 Å². The third-order valence-corrected chi connectivity index (χ3v) is 2.51. The van der Waals surface area contributed by atoms with Gasteiger partial charge in [-0.3, -0.25) is 4.68 Å². The van der Waals surface area contributed by atoms with Gasteiger partial charge in [0, 0.05) is 52.0 Å². The molecule has 2 aromatic rings. The lowest BCUT2D eigenvalue weighted by Gasteiger charge is -2.21. The van der Waals surface area contributed by atoms with Crippen molar-refractivity contribution >= 4 is 0 Å². The van der Waals surface area contributed by atoms with Crippen molar-refractivity contribution in [1.29, 1.82) is 0 Å². The highest BCUT2D eigenvalue weighted by Gasteiger charge is 2.02. The minimum Gasteiger partial charge on any atom is -0.379 e. The Hall–Kier alpha value is -1.66. The molecule has 0 unspecified atom stereocenters. The Labute approximate surface area is 114 Å². The van der Waals surface area contributed by atoms with E-state index in [1.54, 1.807) is 23.4 Å². The van der Waals surface area contributed by atoms with Crippen LogP contribution in [0.3, 0.4) is 0 Å². The molecule has 2 aromatic heterocycles. The number of hydrogen-bond acceptors (Lipinski definition) is 4. The summed E-state index contributed by atoms with van der Waals surface area (Å²) in [6, 6.07) is 1.89. The summed E-state index contributed by atoms with van der Waals surface area (Å²) in [7, 11) is 5.94. The van der Waals surface area contributed by atoms with Crippen LogP contribution in [0.5, 0.6) is 0 Å². The molecule has 0 aliphatic carbocycles. The van der Waals surface area contributed by atoms with E-state index in [1.807, 2.05) is 37.1 Å². The summed E-state index contributed by atoms with van der Waals surface area (Å²) in [6.07, 6.45) is 9.03. The fourth-order valence-corrected chi connectivity index (χ4v) is 1.33. The average molecular weight is 265 g/mol. The number of rotatable bonds is 0. The van der Waals surface area contributed by atoms with E-state index < -0.39 is 0 Å². The minimum absolute atomic E-state index is 0.913. The molecular weight excluding hydrogens is 242 g/mol. The summed E-state index contributed by atoms with van der Waals surface area (Å²) >= 11 is 0. The Bertz CT molecular complexity index is 360. The first-order valence-corrected chi connectivity index (χ1v) is 6.30. The van der Waals surface area contributed by atoms with E-state index in [-0.39, 0.29) is 0 Å². The molecule has 0 aromatic carbocycles. The normalized spacial score (nSPS) is 14.9. The Morgan fingerprint density at radius 3 is 1.95 bits per heavy atom. The number of morpholine rings is 1. The van der Waals surface area contributed by atoms with E-state index in [4.69, 9.17) is 4.74 Å². The highest BCUT2D eigenvalue weighted by molar-refractivity contribution is 4.75. The second-order valence-corrected chi connectivity index (χ2v) is 4.32. The van der Waals surface area contributed by atoms with Crippen molar-refractivity contribution in [2.45, 2.75) is 0 Å². The Morgan fingerprint density at radius 2 is 1.74 bits per heavy atom. The molecular formula is C13H23N5O. The van der Waals surface area contributed by atoms with Crippen molar-refractivity contribution in [1.82, 2.24) is 24.2 Å². The number of imidazole rings is 1. The van der Waals surface area contributed by atoms with Gasteiger partial charge < -0.3 is 14.2 Å². The summed E-state index contributed by atoms with van der Waals surface area (Å²) in [5.41, 5.74) is 0. The van der Waals surface area contributed by atoms with Crippen LogP contribution in [0, 0.1) is 0 Å². The molecule has 6 nitrogen and oxygen atoms in total. The second kappa shape index (κ2) is 9.29. The van der Waals surface area contributed by atoms with Crippen LogP contribution in [0.25, 0.3) is 0 Å². The lowest BCUT2D eigenvalue weighted by atomic mass is 10.5. The third kappa shape index (κ3) is 8.12. The highest BCUT2D eigenvalue weighted by atomic mass is 16.5. The van der Waals surface area contributed by atoms with Crippen LogP contribution >= 0.6 is 0 Å². The van der Waals surface area contributed by atoms with Crippen molar-refractivity contribution in [2.75, 3.05) is 33.4 Å². The molecule has 1 saturated heterocycles. The van der Waals surface area contributed by atoms with Gasteiger partial charge in [0.25, 0.3) is 0 Å². The van der Waals surface area contributed by atoms with Crippen LogP contribution < -0.4 is 0 Å². The van der Waals surface area contributed by atoms with Crippen LogP contribution in [0.1, 0.15) is 0 Å². The van der Waals surface area contributed by atoms with E-state index >= 15 is 0 Å². The molecule has 19 heavy (non-hydrogen) atoms. The number of hydrogen-bond donors (Lipinski definition) is 0. The van der Waals surface area contributed by atoms with E-state index in [1.165, 1.54) is 0 Å². The molecule has 0 atom stereocenters. The number of aryl methyl sites for hydroxylation is 2. The van der Waals surface area contributed by atoms with Gasteiger partial charge in [0.2, 0.25) is 0 Å². The quantitative estimate of drug-likeness (QED) is 0.706. The number of nitrogens with zero attached hydrogens (tertiary/aromatic N) is 5. The molecule has 0 bridgehead atoms. The van der Waals surface area contributed by atoms with Gasteiger partial charge in [-0.15, -0.1) is 0 Å². The highest BCUT2D eigenvalue weighted by Crippen LogP contribution is 1.89. The summed E-state index contributed by atoms with van der Waals surface area (Å²) < 4.78 is 8.74. The first kappa shape index (κ1) is 15.4. The van der Waals surface area contributed by atoms with Gasteiger partial charge in [0.05, 0.1) is 19.5 Å². The van der Waals surface area contributed by atoms with Crippen LogP contribution in [0.2, 0.25) is 0 Å². The molecule has 1 aliphatic rings. The van der Waals surface area contributed by atoms with E-state index in [0.29, 0.717) is 0 Å². The third-order valence-electron chi connectivity index (χ3n) is 2.51. The van der Waals surface area contributed by atoms with E-state index in [0.717, 1.165) is 26.3 Å². The maximum atomic E-state index is 5.10. The van der Waals surface area contributed by atoms with E-state index in [9.17, 15) is 0 Å². The molecule has 3 heterocycles. The second-order valence-electron chi connectivity index (χ2n) is 4.32. The maximum absolute atomic E-state index is 5.10. The van der Waals surface area contributed by atoms with Crippen molar-refractivity contribution in [2.24, 2.45) is 14.1 Å². The zero-order valence-electron chi connectivity index (χ0n) is 11.9. The van der Waals surface area contributed by atoms with Crippen LogP contribution in [-0.2, 0) is 18.8 Å². The van der Waals surface area contributed by atoms with Gasteiger partial charge in [0.1, 0.15) is 0 Å². The lowest BCUT2D eigenvalue weighted by Crippen LogP contribution is -2.32. The summed E-state index contributed by atoms with van der Waals surface area (Å²) in [5.74, 6) is 0. The Balaban J connectivity index is 0.000000143. The number of aromatic nitrogens is 4. The monoisotopic (exact) mass is 265 g/mol. The molecule has 106 valence electrons. The summed E-state index contributed by atoms with van der Waals surface area (Å²) in [6.45, 7) is 4.02. The van der Waals surface area contributed by atoms with Crippen molar-refractivity contribution in [3.63, 3.8) is 0 Å². The van der Waals surface area contributed by atoms with Gasteiger partial charge >= 0.3 is 0 Å². The van der Waals surface area contributed by atoms with Gasteiger partial charge in [-0.1, -0.05) is 0 Å². The van der Waals surface area contributed by atoms with Gasteiger partial charge in [-0.2, -0.15) is 5.10 Å². The predicted molar refractivity (Wildman–Crippen MR) is 74.7 cm³/mol. The van der Waals surface area contributed by atoms with Gasteiger partial charge in [-0.05, 0) is 13.1 Å². The Kier molecular flexibility index (Phi) is 7.53. The van der Waals surface area contributed by atoms with Crippen molar-refractivity contribution < 1.29 is 4.74 Å². The summed E-state index contributed by atoms with van der Waals surface area (Å²) in [4.78, 5) is 6.05. The zero-order valence-corrected chi connectivity index (χ0v) is 11.9. The molecule has 6 heteroatoms. The molecule has 1 fully saturated rings. The molecule has 0 radical (unpaired) electrons. The standard InChI is InChI=1S/C5H11NO.2C4H6N2/c1-6-2-4-7-5-3-6;1-6-3-2-5-4-6;1-6-4-2-3-5-6/h2-5H2,1H3;2*2-4H,1H3. The SMILES string of the molecule is CN1CCOCC1.Cn1cccn1.Cn1ccnc1. The smallest absolute Gasteiger partial charge is 0.0943 e. The summed E-state index contributed by atoms with van der Waals surface area (Å²) in [5, 5.41) is 3.83. The topological polar surface area (TPSA) is 48.1 Å². The number of ether oxygens (including phenoxy) is 1. The minimum atomic E-state index is 0.913. The maximum Gasteiger partial charge on any atom is 0.0943 e. The predicted octanol–water partition coefficient (Wildman–Crippen LogP) is 0.789. The van der Waals surface area contributed by atoms with Gasteiger partial charge in [0.15, 0.2) is 0 Å². The largest absolute Gasteiger partial charge is 0.379 e. The average Bonchev–Trinajstić information content (AvgIpc) is 3.05. The molecule has 3 rings (SSSR count). The van der Waals surface area contributed by atoms with Crippen LogP contribution in [0.15, 0.2) is 37.2 Å². The molecule has 1 aliphatic heterocycles. The molecule has 0 N–H and O–H groups in total. The van der Waals surface area contributed by atoms with Crippen molar-refractivity contribution in [3.8, 4) is 0 Å². The van der Waals surface area contributed by atoms with Crippen LogP contribution in [0.4, 0.5) is 0 Å². The number of likely N-dealkylation sites (N-methyl/N-ethyl adjacent to an activating group) is 1. The first-order valence-electron chi connectivity index (χ1n) is 6.30. The van der Waals surface area contributed by atoms with Crippen molar-refractivity contribution in [3.05, 3.63) is 37.2 Å². The fourth-order valence-electron chi connectivity index (χ4n) is 1.33. The van der Waals surface area contributed by atoms with Gasteiger partial charge in [-0.25, -0.2) is 4.98 Å². The fraction of sp³-hybridized carbons (Fsp3) is 0.538. The first-order chi connectivity index (χ1) is 9.18. The van der Waals surface area contributed by atoms with E-state index in [2.05, 4.69) is 22.0 Å². The zero-order chi connectivity index (χ0) is 13.9. The molecule has 0 spiro atoms. The Morgan fingerprint density at radius 1 is 1.00 bits per heavy atom. The molecule has 0 saturated carbocycles.